The van der Waals surface area contributed by atoms with Crippen LogP contribution in [-0.4, -0.2) is 24.0 Å². The van der Waals surface area contributed by atoms with Crippen molar-refractivity contribution in [3.63, 3.8) is 0 Å². The lowest BCUT2D eigenvalue weighted by atomic mass is 10.0. The molecule has 0 spiro atoms. The molecule has 0 aliphatic carbocycles. The molecule has 1 aromatic rings. The van der Waals surface area contributed by atoms with Gasteiger partial charge in [-0.15, -0.1) is 0 Å². The van der Waals surface area contributed by atoms with E-state index < -0.39 is 12.3 Å². The molecule has 0 bridgehead atoms. The van der Waals surface area contributed by atoms with E-state index in [1.807, 2.05) is 13.8 Å². The first-order valence-electron chi connectivity index (χ1n) is 9.93. The van der Waals surface area contributed by atoms with E-state index in [0.717, 1.165) is 24.8 Å². The Balaban J connectivity index is 2.37. The van der Waals surface area contributed by atoms with E-state index in [1.165, 1.54) is 31.7 Å². The van der Waals surface area contributed by atoms with Crippen molar-refractivity contribution in [2.24, 2.45) is 0 Å². The Morgan fingerprint density at radius 2 is 1.77 bits per heavy atom. The highest BCUT2D eigenvalue weighted by atomic mass is 17.2. The second-order valence-corrected chi connectivity index (χ2v) is 6.53. The number of unbranched alkanes of at least 4 members (excludes halogenated alkanes) is 5. The van der Waals surface area contributed by atoms with Crippen molar-refractivity contribution in [3.8, 4) is 5.75 Å². The Hall–Kier alpha value is -1.59. The summed E-state index contributed by atoms with van der Waals surface area (Å²) in [7, 11) is 0. The molecule has 1 rings (SSSR count). The molecule has 0 fully saturated rings. The molecule has 0 aliphatic rings. The van der Waals surface area contributed by atoms with E-state index in [9.17, 15) is 9.90 Å². The third-order valence-electron chi connectivity index (χ3n) is 4.19. The van der Waals surface area contributed by atoms with Gasteiger partial charge in [0.2, 0.25) is 6.29 Å². The van der Waals surface area contributed by atoms with Gasteiger partial charge in [-0.2, -0.15) is 4.89 Å². The topological polar surface area (TPSA) is 65.0 Å². The summed E-state index contributed by atoms with van der Waals surface area (Å²) < 4.78 is 5.64. The van der Waals surface area contributed by atoms with Gasteiger partial charge in [0, 0.05) is 6.61 Å². The van der Waals surface area contributed by atoms with Crippen LogP contribution >= 0.6 is 0 Å². The normalized spacial score (nSPS) is 12.1. The zero-order chi connectivity index (χ0) is 19.2. The van der Waals surface area contributed by atoms with Gasteiger partial charge in [-0.1, -0.05) is 59.3 Å². The molecule has 5 nitrogen and oxygen atoms in total. The second-order valence-electron chi connectivity index (χ2n) is 6.53. The van der Waals surface area contributed by atoms with Gasteiger partial charge in [-0.3, -0.25) is 4.89 Å². The van der Waals surface area contributed by atoms with Crippen molar-refractivity contribution in [2.75, 3.05) is 6.61 Å². The van der Waals surface area contributed by atoms with E-state index in [2.05, 4.69) is 6.92 Å². The van der Waals surface area contributed by atoms with Crippen LogP contribution in [0.2, 0.25) is 0 Å². The fourth-order valence-electron chi connectivity index (χ4n) is 2.71. The summed E-state index contributed by atoms with van der Waals surface area (Å²) in [4.78, 5) is 22.4. The third-order valence-corrected chi connectivity index (χ3v) is 4.19. The van der Waals surface area contributed by atoms with Crippen LogP contribution in [0.1, 0.15) is 88.1 Å². The first-order chi connectivity index (χ1) is 12.6. The summed E-state index contributed by atoms with van der Waals surface area (Å²) in [6, 6.07) is 4.62. The van der Waals surface area contributed by atoms with Crippen LogP contribution in [-0.2, 0) is 20.9 Å². The number of aromatic hydroxyl groups is 1. The number of carbonyl (C=O) groups excluding carboxylic acids is 1. The minimum absolute atomic E-state index is 0.139. The van der Waals surface area contributed by atoms with Crippen LogP contribution in [0.3, 0.4) is 0 Å². The lowest BCUT2D eigenvalue weighted by Crippen LogP contribution is -2.20. The van der Waals surface area contributed by atoms with E-state index in [1.54, 1.807) is 12.1 Å². The highest BCUT2D eigenvalue weighted by molar-refractivity contribution is 5.90. The first-order valence-corrected chi connectivity index (χ1v) is 9.93. The number of ether oxygens (including phenoxy) is 1. The molecule has 1 N–H and O–H groups in total. The summed E-state index contributed by atoms with van der Waals surface area (Å²) in [5.74, 6) is -0.422. The molecule has 5 heteroatoms. The number of aryl methyl sites for hydroxylation is 1. The van der Waals surface area contributed by atoms with Gasteiger partial charge in [0.25, 0.3) is 0 Å². The van der Waals surface area contributed by atoms with Gasteiger partial charge >= 0.3 is 5.97 Å². The predicted octanol–water partition coefficient (Wildman–Crippen LogP) is 5.55. The predicted molar refractivity (Wildman–Crippen MR) is 102 cm³/mol. The monoisotopic (exact) mass is 366 g/mol. The van der Waals surface area contributed by atoms with Gasteiger partial charge in [0.15, 0.2) is 0 Å². The highest BCUT2D eigenvalue weighted by Gasteiger charge is 2.17. The smallest absolute Gasteiger partial charge is 0.373 e. The summed E-state index contributed by atoms with van der Waals surface area (Å²) in [5.41, 5.74) is 1.16. The molecular formula is C21H34O5. The molecule has 26 heavy (non-hydrogen) atoms. The maximum atomic E-state index is 12.3. The van der Waals surface area contributed by atoms with Gasteiger partial charge in [0.1, 0.15) is 5.75 Å². The minimum Gasteiger partial charge on any atom is -0.508 e. The van der Waals surface area contributed by atoms with E-state index in [4.69, 9.17) is 14.5 Å². The Bertz CT molecular complexity index is 515. The Labute approximate surface area is 157 Å². The van der Waals surface area contributed by atoms with Crippen LogP contribution < -0.4 is 0 Å². The molecule has 148 valence electrons. The number of rotatable bonds is 14. The quantitative estimate of drug-likeness (QED) is 0.202. The molecular weight excluding hydrogens is 332 g/mol. The van der Waals surface area contributed by atoms with E-state index >= 15 is 0 Å². The molecule has 0 saturated carbocycles. The average molecular weight is 366 g/mol. The molecule has 0 aromatic heterocycles. The Morgan fingerprint density at radius 3 is 2.46 bits per heavy atom. The number of benzene rings is 1. The lowest BCUT2D eigenvalue weighted by molar-refractivity contribution is -0.339. The Morgan fingerprint density at radius 1 is 1.04 bits per heavy atom. The van der Waals surface area contributed by atoms with Crippen LogP contribution in [0, 0.1) is 0 Å². The summed E-state index contributed by atoms with van der Waals surface area (Å²) in [5, 5.41) is 9.59. The minimum atomic E-state index is -0.560. The molecule has 0 radical (unpaired) electrons. The Kier molecular flexibility index (Phi) is 11.7. The highest BCUT2D eigenvalue weighted by Crippen LogP contribution is 2.19. The van der Waals surface area contributed by atoms with Crippen LogP contribution in [0.5, 0.6) is 5.75 Å². The van der Waals surface area contributed by atoms with Gasteiger partial charge in [-0.25, -0.2) is 4.79 Å². The average Bonchev–Trinajstić information content (AvgIpc) is 2.63. The molecule has 1 atom stereocenters. The van der Waals surface area contributed by atoms with Crippen molar-refractivity contribution in [1.82, 2.24) is 0 Å². The lowest BCUT2D eigenvalue weighted by Gasteiger charge is -2.16. The molecule has 0 saturated heterocycles. The van der Waals surface area contributed by atoms with Crippen molar-refractivity contribution < 1.29 is 24.4 Å². The number of carbonyl (C=O) groups is 1. The fourth-order valence-corrected chi connectivity index (χ4v) is 2.71. The zero-order valence-corrected chi connectivity index (χ0v) is 16.5. The molecule has 0 heterocycles. The summed E-state index contributed by atoms with van der Waals surface area (Å²) >= 11 is 0. The largest absolute Gasteiger partial charge is 0.508 e. The van der Waals surface area contributed by atoms with Crippen molar-refractivity contribution in [2.45, 2.75) is 84.8 Å². The second kappa shape index (κ2) is 13.6. The number of phenolic OH excluding ortho intramolecular Hbond substituents is 1. The first kappa shape index (κ1) is 22.5. The molecule has 1 unspecified atom stereocenters. The van der Waals surface area contributed by atoms with Crippen LogP contribution in [0.15, 0.2) is 18.2 Å². The van der Waals surface area contributed by atoms with Crippen molar-refractivity contribution >= 4 is 5.97 Å². The molecule has 0 aliphatic heterocycles. The van der Waals surface area contributed by atoms with Crippen LogP contribution in [0.25, 0.3) is 0 Å². The zero-order valence-electron chi connectivity index (χ0n) is 16.5. The fraction of sp³-hybridized carbons (Fsp3) is 0.667. The van der Waals surface area contributed by atoms with E-state index in [-0.39, 0.29) is 5.75 Å². The number of phenols is 1. The van der Waals surface area contributed by atoms with E-state index in [0.29, 0.717) is 25.0 Å². The molecule has 0 amide bonds. The van der Waals surface area contributed by atoms with Gasteiger partial charge < -0.3 is 9.84 Å². The van der Waals surface area contributed by atoms with Crippen LogP contribution in [0.4, 0.5) is 0 Å². The van der Waals surface area contributed by atoms with Gasteiger partial charge in [-0.05, 0) is 43.0 Å². The maximum absolute atomic E-state index is 12.3. The van der Waals surface area contributed by atoms with Gasteiger partial charge in [0.05, 0.1) is 5.56 Å². The SMILES string of the molecule is CCCCCCCCOC(CC)OOC(=O)c1ccc(O)cc1CCC. The van der Waals surface area contributed by atoms with Crippen molar-refractivity contribution in [1.29, 1.82) is 0 Å². The number of hydrogen-bond donors (Lipinski definition) is 1. The summed E-state index contributed by atoms with van der Waals surface area (Å²) in [6.45, 7) is 6.74. The summed E-state index contributed by atoms with van der Waals surface area (Å²) in [6.07, 6.45) is 8.75. The maximum Gasteiger partial charge on any atom is 0.373 e. The standard InChI is InChI=1S/C21H34O5/c1-4-7-8-9-10-11-15-24-20(6-3)25-26-21(23)19-14-13-18(22)16-17(19)12-5-2/h13-14,16,20,22H,4-12,15H2,1-3H3. The number of hydrogen-bond acceptors (Lipinski definition) is 5. The molecule has 1 aromatic carbocycles. The van der Waals surface area contributed by atoms with Crippen molar-refractivity contribution in [3.05, 3.63) is 29.3 Å². The third kappa shape index (κ3) is 8.68.